The normalized spacial score (nSPS) is 17.2. The molecule has 0 radical (unpaired) electrons. The fourth-order valence-corrected chi connectivity index (χ4v) is 2.71. The van der Waals surface area contributed by atoms with Crippen LogP contribution in [0.25, 0.3) is 0 Å². The van der Waals surface area contributed by atoms with Crippen molar-refractivity contribution < 1.29 is 13.2 Å². The van der Waals surface area contributed by atoms with Crippen LogP contribution in [-0.2, 0) is 25.9 Å². The molecule has 4 nitrogen and oxygen atoms in total. The highest BCUT2D eigenvalue weighted by Gasteiger charge is 2.44. The van der Waals surface area contributed by atoms with Crippen molar-refractivity contribution in [3.8, 4) is 0 Å². The number of sulfone groups is 1. The van der Waals surface area contributed by atoms with Crippen LogP contribution in [0.15, 0.2) is 29.3 Å². The third kappa shape index (κ3) is 2.81. The van der Waals surface area contributed by atoms with Crippen LogP contribution in [0.2, 0.25) is 0 Å². The summed E-state index contributed by atoms with van der Waals surface area (Å²) in [4.78, 5) is 14.2. The first kappa shape index (κ1) is 12.0. The molecule has 0 amide bonds. The molecule has 0 N–H and O–H groups in total. The summed E-state index contributed by atoms with van der Waals surface area (Å²) in [6.45, 7) is 0. The van der Waals surface area contributed by atoms with E-state index in [-0.39, 0.29) is 5.75 Å². The molecule has 17 heavy (non-hydrogen) atoms. The molecule has 1 saturated carbocycles. The second kappa shape index (κ2) is 4.09. The summed E-state index contributed by atoms with van der Waals surface area (Å²) in [6.07, 6.45) is 4.45. The number of isocyanates is 1. The van der Waals surface area contributed by atoms with E-state index in [1.165, 1.54) is 6.26 Å². The van der Waals surface area contributed by atoms with Gasteiger partial charge in [-0.25, -0.2) is 13.2 Å². The molecule has 2 rings (SSSR count). The van der Waals surface area contributed by atoms with Crippen molar-refractivity contribution in [2.45, 2.75) is 24.1 Å². The molecule has 0 saturated heterocycles. The van der Waals surface area contributed by atoms with Crippen molar-refractivity contribution in [1.82, 2.24) is 0 Å². The Hall–Kier alpha value is -1.45. The average molecular weight is 251 g/mol. The molecule has 0 spiro atoms. The number of rotatable bonds is 4. The van der Waals surface area contributed by atoms with Gasteiger partial charge in [-0.1, -0.05) is 24.3 Å². The zero-order valence-electron chi connectivity index (χ0n) is 9.51. The summed E-state index contributed by atoms with van der Waals surface area (Å²) in [7, 11) is -3.04. The van der Waals surface area contributed by atoms with Gasteiger partial charge in [-0.15, -0.1) is 0 Å². The first-order chi connectivity index (χ1) is 7.95. The lowest BCUT2D eigenvalue weighted by atomic mass is 10.0. The van der Waals surface area contributed by atoms with Gasteiger partial charge in [0, 0.05) is 6.26 Å². The molecular formula is C12H13NO3S. The molecule has 1 aromatic carbocycles. The van der Waals surface area contributed by atoms with E-state index in [2.05, 4.69) is 4.99 Å². The van der Waals surface area contributed by atoms with Crippen molar-refractivity contribution in [3.05, 3.63) is 35.4 Å². The van der Waals surface area contributed by atoms with Crippen LogP contribution in [-0.4, -0.2) is 20.8 Å². The summed E-state index contributed by atoms with van der Waals surface area (Å²) in [5, 5.41) is 0. The van der Waals surface area contributed by atoms with Crippen molar-refractivity contribution in [2.24, 2.45) is 4.99 Å². The number of carbonyl (C=O) groups excluding carboxylic acids is 1. The number of aliphatic imine (C=N–C) groups is 1. The lowest BCUT2D eigenvalue weighted by molar-refractivity contribution is 0.556. The Morgan fingerprint density at radius 2 is 2.12 bits per heavy atom. The molecule has 0 aromatic heterocycles. The Morgan fingerprint density at radius 3 is 2.65 bits per heavy atom. The Labute approximate surface area is 100 Å². The van der Waals surface area contributed by atoms with Crippen molar-refractivity contribution in [1.29, 1.82) is 0 Å². The summed E-state index contributed by atoms with van der Waals surface area (Å²) in [5.41, 5.74) is 1.20. The fraction of sp³-hybridized carbons (Fsp3) is 0.417. The van der Waals surface area contributed by atoms with E-state index >= 15 is 0 Å². The zero-order valence-corrected chi connectivity index (χ0v) is 10.3. The monoisotopic (exact) mass is 251 g/mol. The van der Waals surface area contributed by atoms with Gasteiger partial charge in [-0.05, 0) is 24.0 Å². The third-order valence-electron chi connectivity index (χ3n) is 2.88. The molecular weight excluding hydrogens is 238 g/mol. The Morgan fingerprint density at radius 1 is 1.41 bits per heavy atom. The molecule has 0 aliphatic heterocycles. The minimum atomic E-state index is -3.04. The van der Waals surface area contributed by atoms with E-state index in [0.717, 1.165) is 24.0 Å². The maximum absolute atomic E-state index is 11.2. The van der Waals surface area contributed by atoms with Gasteiger partial charge in [0.05, 0.1) is 11.3 Å². The highest BCUT2D eigenvalue weighted by molar-refractivity contribution is 7.89. The van der Waals surface area contributed by atoms with Crippen LogP contribution in [0.4, 0.5) is 0 Å². The molecule has 1 aromatic rings. The van der Waals surface area contributed by atoms with E-state index in [0.29, 0.717) is 0 Å². The SMILES string of the molecule is CS(=O)(=O)Cc1cccc(C2(N=C=O)CC2)c1. The predicted octanol–water partition coefficient (Wildman–Crippen LogP) is 1.56. The minimum absolute atomic E-state index is 0.0156. The van der Waals surface area contributed by atoms with Gasteiger partial charge in [-0.3, -0.25) is 0 Å². The Kier molecular flexibility index (Phi) is 2.89. The maximum Gasteiger partial charge on any atom is 0.235 e. The summed E-state index contributed by atoms with van der Waals surface area (Å²) in [6, 6.07) is 7.26. The first-order valence-electron chi connectivity index (χ1n) is 5.31. The molecule has 1 aliphatic carbocycles. The van der Waals surface area contributed by atoms with Gasteiger partial charge in [-0.2, -0.15) is 4.99 Å². The quantitative estimate of drug-likeness (QED) is 0.602. The Bertz CT molecular complexity index is 582. The molecule has 90 valence electrons. The topological polar surface area (TPSA) is 63.6 Å². The first-order valence-corrected chi connectivity index (χ1v) is 7.37. The lowest BCUT2D eigenvalue weighted by Crippen LogP contribution is -2.05. The van der Waals surface area contributed by atoms with Crippen molar-refractivity contribution >= 4 is 15.9 Å². The van der Waals surface area contributed by atoms with E-state index in [1.54, 1.807) is 18.2 Å². The van der Waals surface area contributed by atoms with Gasteiger partial charge in [0.1, 0.15) is 0 Å². The molecule has 1 fully saturated rings. The van der Waals surface area contributed by atoms with Gasteiger partial charge < -0.3 is 0 Å². The number of hydrogen-bond donors (Lipinski definition) is 0. The van der Waals surface area contributed by atoms with Gasteiger partial charge in [0.2, 0.25) is 6.08 Å². The van der Waals surface area contributed by atoms with Crippen LogP contribution in [0.5, 0.6) is 0 Å². The smallest absolute Gasteiger partial charge is 0.229 e. The highest BCUT2D eigenvalue weighted by atomic mass is 32.2. The van der Waals surface area contributed by atoms with E-state index in [1.807, 2.05) is 12.1 Å². The number of nitrogens with zero attached hydrogens (tertiary/aromatic N) is 1. The molecule has 5 heteroatoms. The average Bonchev–Trinajstić information content (AvgIpc) is 2.97. The number of hydrogen-bond acceptors (Lipinski definition) is 4. The van der Waals surface area contributed by atoms with Crippen molar-refractivity contribution in [3.63, 3.8) is 0 Å². The third-order valence-corrected chi connectivity index (χ3v) is 3.73. The van der Waals surface area contributed by atoms with Crippen LogP contribution in [0.1, 0.15) is 24.0 Å². The van der Waals surface area contributed by atoms with Crippen LogP contribution in [0.3, 0.4) is 0 Å². The summed E-state index contributed by atoms with van der Waals surface area (Å²) in [5.74, 6) is 0.0156. The van der Waals surface area contributed by atoms with Gasteiger partial charge in [0.15, 0.2) is 9.84 Å². The summed E-state index contributed by atoms with van der Waals surface area (Å²) < 4.78 is 22.4. The van der Waals surface area contributed by atoms with E-state index in [4.69, 9.17) is 0 Å². The molecule has 0 unspecified atom stereocenters. The minimum Gasteiger partial charge on any atom is -0.229 e. The van der Waals surface area contributed by atoms with Crippen LogP contribution in [0, 0.1) is 0 Å². The van der Waals surface area contributed by atoms with Crippen molar-refractivity contribution in [2.75, 3.05) is 6.26 Å². The van der Waals surface area contributed by atoms with Gasteiger partial charge >= 0.3 is 0 Å². The number of benzene rings is 1. The van der Waals surface area contributed by atoms with Gasteiger partial charge in [0.25, 0.3) is 0 Å². The van der Waals surface area contributed by atoms with Crippen LogP contribution < -0.4 is 0 Å². The fourth-order valence-electron chi connectivity index (χ4n) is 1.92. The second-order valence-corrected chi connectivity index (χ2v) is 6.65. The largest absolute Gasteiger partial charge is 0.235 e. The second-order valence-electron chi connectivity index (χ2n) is 4.51. The van der Waals surface area contributed by atoms with Crippen LogP contribution >= 0.6 is 0 Å². The van der Waals surface area contributed by atoms with E-state index < -0.39 is 15.4 Å². The lowest BCUT2D eigenvalue weighted by Gasteiger charge is -2.09. The summed E-state index contributed by atoms with van der Waals surface area (Å²) >= 11 is 0. The molecule has 0 bridgehead atoms. The molecule has 0 atom stereocenters. The standard InChI is InChI=1S/C12H13NO3S/c1-17(15,16)8-10-3-2-4-11(7-10)12(5-6-12)13-9-14/h2-4,7H,5-6,8H2,1H3. The Balaban J connectivity index is 2.32. The maximum atomic E-state index is 11.2. The van der Waals surface area contributed by atoms with E-state index in [9.17, 15) is 13.2 Å². The zero-order chi connectivity index (χ0) is 12.5. The highest BCUT2D eigenvalue weighted by Crippen LogP contribution is 2.49. The molecule has 1 aliphatic rings. The predicted molar refractivity (Wildman–Crippen MR) is 64.0 cm³/mol. The molecule has 0 heterocycles.